The van der Waals surface area contributed by atoms with Crippen molar-refractivity contribution in [2.24, 2.45) is 0 Å². The van der Waals surface area contributed by atoms with Crippen molar-refractivity contribution in [1.29, 1.82) is 0 Å². The van der Waals surface area contributed by atoms with Crippen LogP contribution in [-0.2, 0) is 0 Å². The van der Waals surface area contributed by atoms with Gasteiger partial charge < -0.3 is 15.1 Å². The van der Waals surface area contributed by atoms with Crippen LogP contribution in [0.4, 0.5) is 5.82 Å². The maximum Gasteiger partial charge on any atom is 0.128 e. The second-order valence-electron chi connectivity index (χ2n) is 3.68. The summed E-state index contributed by atoms with van der Waals surface area (Å²) in [5.74, 6) is 0.861. The van der Waals surface area contributed by atoms with E-state index in [0.717, 1.165) is 11.4 Å². The lowest BCUT2D eigenvalue weighted by Crippen LogP contribution is -2.51. The minimum Gasteiger partial charge on any atom is -0.389 e. The Morgan fingerprint density at radius 3 is 2.64 bits per heavy atom. The van der Waals surface area contributed by atoms with Crippen LogP contribution in [0.15, 0.2) is 18.3 Å². The average molecular weight is 194 g/mol. The highest BCUT2D eigenvalue weighted by atomic mass is 16.3. The molecule has 0 aliphatic carbocycles. The van der Waals surface area contributed by atoms with Crippen LogP contribution >= 0.6 is 0 Å². The van der Waals surface area contributed by atoms with E-state index in [-0.39, 0.29) is 6.10 Å². The van der Waals surface area contributed by atoms with Gasteiger partial charge in [-0.05, 0) is 18.6 Å². The third kappa shape index (κ3) is 1.71. The Balaban J connectivity index is 2.07. The fraction of sp³-hybridized carbons (Fsp3) is 0.500. The van der Waals surface area contributed by atoms with E-state index < -0.39 is 6.10 Å². The van der Waals surface area contributed by atoms with Crippen LogP contribution < -0.4 is 4.90 Å². The maximum atomic E-state index is 9.27. The second kappa shape index (κ2) is 3.55. The number of aliphatic hydroxyl groups excluding tert-OH is 2. The van der Waals surface area contributed by atoms with E-state index in [0.29, 0.717) is 13.1 Å². The lowest BCUT2D eigenvalue weighted by Gasteiger charge is -2.36. The molecular weight excluding hydrogens is 180 g/mol. The molecule has 1 saturated heterocycles. The zero-order valence-electron chi connectivity index (χ0n) is 8.09. The van der Waals surface area contributed by atoms with Gasteiger partial charge in [0, 0.05) is 19.3 Å². The first-order valence-corrected chi connectivity index (χ1v) is 4.74. The highest BCUT2D eigenvalue weighted by Gasteiger charge is 2.25. The van der Waals surface area contributed by atoms with Crippen molar-refractivity contribution in [3.63, 3.8) is 0 Å². The fourth-order valence-corrected chi connectivity index (χ4v) is 1.47. The largest absolute Gasteiger partial charge is 0.389 e. The number of hydrogen-bond acceptors (Lipinski definition) is 4. The molecule has 0 amide bonds. The number of nitrogens with zero attached hydrogens (tertiary/aromatic N) is 2. The van der Waals surface area contributed by atoms with Crippen LogP contribution in [0, 0.1) is 0 Å². The lowest BCUT2D eigenvalue weighted by atomic mass is 10.1. The summed E-state index contributed by atoms with van der Waals surface area (Å²) in [6.45, 7) is 3.02. The summed E-state index contributed by atoms with van der Waals surface area (Å²) >= 11 is 0. The highest BCUT2D eigenvalue weighted by molar-refractivity contribution is 5.42. The number of β-amino-alcohol motifs (C(OH)–C–C–N with tert-alkyl or cyclic N) is 1. The van der Waals surface area contributed by atoms with Crippen molar-refractivity contribution in [2.45, 2.75) is 19.1 Å². The second-order valence-corrected chi connectivity index (χ2v) is 3.68. The highest BCUT2D eigenvalue weighted by Crippen LogP contribution is 2.20. The predicted molar refractivity (Wildman–Crippen MR) is 53.1 cm³/mol. The van der Waals surface area contributed by atoms with Crippen LogP contribution in [0.25, 0.3) is 0 Å². The molecular formula is C10H14N2O2. The monoisotopic (exact) mass is 194 g/mol. The Bertz CT molecular complexity index is 304. The molecule has 76 valence electrons. The molecule has 4 heteroatoms. The van der Waals surface area contributed by atoms with Gasteiger partial charge in [-0.3, -0.25) is 0 Å². The molecule has 1 fully saturated rings. The first-order chi connectivity index (χ1) is 6.66. The third-order valence-corrected chi connectivity index (χ3v) is 2.44. The molecule has 2 heterocycles. The Kier molecular flexibility index (Phi) is 2.39. The number of aromatic nitrogens is 1. The number of hydrogen-bond donors (Lipinski definition) is 2. The molecule has 0 bridgehead atoms. The molecule has 0 saturated carbocycles. The minimum atomic E-state index is -0.474. The van der Waals surface area contributed by atoms with E-state index in [1.165, 1.54) is 0 Å². The zero-order chi connectivity index (χ0) is 10.1. The summed E-state index contributed by atoms with van der Waals surface area (Å²) < 4.78 is 0. The van der Waals surface area contributed by atoms with Crippen molar-refractivity contribution in [2.75, 3.05) is 18.0 Å². The quantitative estimate of drug-likeness (QED) is 0.711. The summed E-state index contributed by atoms with van der Waals surface area (Å²) in [5, 5.41) is 18.4. The summed E-state index contributed by atoms with van der Waals surface area (Å²) in [6, 6.07) is 3.73. The number of rotatable bonds is 2. The van der Waals surface area contributed by atoms with Crippen molar-refractivity contribution in [1.82, 2.24) is 4.98 Å². The van der Waals surface area contributed by atoms with Crippen LogP contribution in [-0.4, -0.2) is 34.4 Å². The zero-order valence-corrected chi connectivity index (χ0v) is 8.09. The normalized spacial score (nSPS) is 19.2. The van der Waals surface area contributed by atoms with Crippen molar-refractivity contribution >= 4 is 5.82 Å². The van der Waals surface area contributed by atoms with Gasteiger partial charge in [0.05, 0.1) is 12.2 Å². The van der Waals surface area contributed by atoms with Gasteiger partial charge in [0.1, 0.15) is 5.82 Å². The van der Waals surface area contributed by atoms with Gasteiger partial charge in [-0.15, -0.1) is 0 Å². The Hall–Kier alpha value is -1.13. The van der Waals surface area contributed by atoms with Crippen LogP contribution in [0.3, 0.4) is 0 Å². The molecule has 0 spiro atoms. The van der Waals surface area contributed by atoms with Crippen molar-refractivity contribution in [3.8, 4) is 0 Å². The Morgan fingerprint density at radius 1 is 1.50 bits per heavy atom. The molecule has 1 atom stereocenters. The molecule has 0 aromatic carbocycles. The number of aliphatic hydroxyl groups is 2. The van der Waals surface area contributed by atoms with Gasteiger partial charge in [-0.2, -0.15) is 0 Å². The standard InChI is InChI=1S/C10H14N2O2/c1-7(13)8-2-3-10(11-4-8)12-5-9(14)6-12/h2-4,7,9,13-14H,5-6H2,1H3/t7-/m1/s1. The van der Waals surface area contributed by atoms with Gasteiger partial charge in [0.15, 0.2) is 0 Å². The van der Waals surface area contributed by atoms with E-state index in [1.807, 2.05) is 17.0 Å². The minimum absolute atomic E-state index is 0.215. The summed E-state index contributed by atoms with van der Waals surface area (Å²) in [6.07, 6.45) is 0.983. The van der Waals surface area contributed by atoms with Crippen LogP contribution in [0.2, 0.25) is 0 Å². The molecule has 2 N–H and O–H groups in total. The average Bonchev–Trinajstić information content (AvgIpc) is 2.13. The molecule has 0 radical (unpaired) electrons. The van der Waals surface area contributed by atoms with E-state index in [1.54, 1.807) is 13.1 Å². The number of anilines is 1. The van der Waals surface area contributed by atoms with E-state index in [2.05, 4.69) is 4.98 Å². The first kappa shape index (κ1) is 9.43. The van der Waals surface area contributed by atoms with Gasteiger partial charge in [0.2, 0.25) is 0 Å². The molecule has 0 unspecified atom stereocenters. The molecule has 1 aliphatic heterocycles. The van der Waals surface area contributed by atoms with Crippen LogP contribution in [0.1, 0.15) is 18.6 Å². The fourth-order valence-electron chi connectivity index (χ4n) is 1.47. The predicted octanol–water partition coefficient (Wildman–Crippen LogP) is 0.316. The van der Waals surface area contributed by atoms with Gasteiger partial charge in [0.25, 0.3) is 0 Å². The topological polar surface area (TPSA) is 56.6 Å². The molecule has 4 nitrogen and oxygen atoms in total. The van der Waals surface area contributed by atoms with Crippen LogP contribution in [0.5, 0.6) is 0 Å². The summed E-state index contributed by atoms with van der Waals surface area (Å²) in [4.78, 5) is 6.21. The third-order valence-electron chi connectivity index (χ3n) is 2.44. The first-order valence-electron chi connectivity index (χ1n) is 4.74. The Labute approximate surface area is 82.8 Å². The maximum absolute atomic E-state index is 9.27. The van der Waals surface area contributed by atoms with Crippen molar-refractivity contribution in [3.05, 3.63) is 23.9 Å². The van der Waals surface area contributed by atoms with E-state index >= 15 is 0 Å². The van der Waals surface area contributed by atoms with Crippen molar-refractivity contribution < 1.29 is 10.2 Å². The SMILES string of the molecule is C[C@@H](O)c1ccc(N2CC(O)C2)nc1. The summed E-state index contributed by atoms with van der Waals surface area (Å²) in [7, 11) is 0. The smallest absolute Gasteiger partial charge is 0.128 e. The molecule has 1 aliphatic rings. The van der Waals surface area contributed by atoms with E-state index in [9.17, 15) is 5.11 Å². The summed E-state index contributed by atoms with van der Waals surface area (Å²) in [5.41, 5.74) is 0.815. The molecule has 2 rings (SSSR count). The Morgan fingerprint density at radius 2 is 2.21 bits per heavy atom. The molecule has 1 aromatic rings. The van der Waals surface area contributed by atoms with E-state index in [4.69, 9.17) is 5.11 Å². The number of pyridine rings is 1. The van der Waals surface area contributed by atoms with Gasteiger partial charge >= 0.3 is 0 Å². The van der Waals surface area contributed by atoms with Gasteiger partial charge in [-0.1, -0.05) is 6.07 Å². The van der Waals surface area contributed by atoms with Gasteiger partial charge in [-0.25, -0.2) is 4.98 Å². The lowest BCUT2D eigenvalue weighted by molar-refractivity contribution is 0.141. The molecule has 14 heavy (non-hydrogen) atoms. The molecule has 1 aromatic heterocycles.